The molecule has 0 heterocycles. The van der Waals surface area contributed by atoms with Gasteiger partial charge in [-0.25, -0.2) is 0 Å². The molecule has 0 spiro atoms. The largest absolute Gasteiger partial charge is 0.493 e. The van der Waals surface area contributed by atoms with Crippen molar-refractivity contribution >= 4 is 17.4 Å². The Hall–Kier alpha value is -1.26. The van der Waals surface area contributed by atoms with E-state index in [9.17, 15) is 4.79 Å². The van der Waals surface area contributed by atoms with E-state index in [0.717, 1.165) is 19.4 Å². The second-order valence-electron chi connectivity index (χ2n) is 5.23. The number of methoxy groups -OCH3 is 2. The van der Waals surface area contributed by atoms with E-state index in [2.05, 4.69) is 0 Å². The van der Waals surface area contributed by atoms with Crippen LogP contribution in [0.15, 0.2) is 12.1 Å². The molecule has 1 aromatic rings. The van der Waals surface area contributed by atoms with E-state index in [0.29, 0.717) is 40.5 Å². The van der Waals surface area contributed by atoms with Crippen LogP contribution in [0.3, 0.4) is 0 Å². The number of hydrogen-bond donors (Lipinski definition) is 0. The number of ether oxygens (including phenoxy) is 3. The molecular weight excluding hydrogens is 292 g/mol. The molecule has 1 aliphatic rings. The second-order valence-corrected chi connectivity index (χ2v) is 5.64. The average molecular weight is 313 g/mol. The highest BCUT2D eigenvalue weighted by Gasteiger charge is 2.31. The van der Waals surface area contributed by atoms with Crippen LogP contribution in [-0.2, 0) is 4.74 Å². The number of hydrogen-bond acceptors (Lipinski definition) is 4. The molecule has 0 bridgehead atoms. The summed E-state index contributed by atoms with van der Waals surface area (Å²) < 4.78 is 15.9. The highest BCUT2D eigenvalue weighted by atomic mass is 35.5. The zero-order valence-electron chi connectivity index (χ0n) is 12.6. The predicted molar refractivity (Wildman–Crippen MR) is 81.6 cm³/mol. The molecule has 0 N–H and O–H groups in total. The Kier molecular flexibility index (Phi) is 5.48. The molecule has 0 aliphatic heterocycles. The molecule has 4 nitrogen and oxygen atoms in total. The Morgan fingerprint density at radius 2 is 1.86 bits per heavy atom. The van der Waals surface area contributed by atoms with Crippen molar-refractivity contribution in [2.24, 2.45) is 5.92 Å². The summed E-state index contributed by atoms with van der Waals surface area (Å²) in [6.07, 6.45) is 2.71. The molecule has 21 heavy (non-hydrogen) atoms. The lowest BCUT2D eigenvalue weighted by Gasteiger charge is -2.34. The summed E-state index contributed by atoms with van der Waals surface area (Å²) in [5, 5.41) is 0.401. The highest BCUT2D eigenvalue weighted by molar-refractivity contribution is 6.34. The van der Waals surface area contributed by atoms with Crippen LogP contribution in [0.5, 0.6) is 11.5 Å². The maximum atomic E-state index is 12.4. The number of carbonyl (C=O) groups excluding carboxylic acids is 1. The van der Waals surface area contributed by atoms with Crippen LogP contribution < -0.4 is 9.47 Å². The van der Waals surface area contributed by atoms with Gasteiger partial charge in [0.25, 0.3) is 0 Å². The van der Waals surface area contributed by atoms with E-state index in [4.69, 9.17) is 25.8 Å². The van der Waals surface area contributed by atoms with Crippen molar-refractivity contribution in [3.8, 4) is 11.5 Å². The first-order valence-electron chi connectivity index (χ1n) is 7.15. The highest BCUT2D eigenvalue weighted by Crippen LogP contribution is 2.37. The summed E-state index contributed by atoms with van der Waals surface area (Å²) in [5.74, 6) is 1.48. The van der Waals surface area contributed by atoms with Gasteiger partial charge in [0.1, 0.15) is 0 Å². The van der Waals surface area contributed by atoms with E-state index in [-0.39, 0.29) is 5.78 Å². The number of carbonyl (C=O) groups is 1. The van der Waals surface area contributed by atoms with Gasteiger partial charge >= 0.3 is 0 Å². The Bertz CT molecular complexity index is 509. The summed E-state index contributed by atoms with van der Waals surface area (Å²) in [4.78, 5) is 12.4. The molecule has 1 aliphatic carbocycles. The summed E-state index contributed by atoms with van der Waals surface area (Å²) in [5.41, 5.74) is 0.495. The average Bonchev–Trinajstić information content (AvgIpc) is 2.44. The van der Waals surface area contributed by atoms with Gasteiger partial charge in [-0.2, -0.15) is 0 Å². The Balaban J connectivity index is 2.03. The topological polar surface area (TPSA) is 44.8 Å². The SMILES string of the molecule is CCOC1CC(CC(=O)c2cc(OC)c(OC)cc2Cl)C1. The van der Waals surface area contributed by atoms with Crippen molar-refractivity contribution in [1.82, 2.24) is 0 Å². The van der Waals surface area contributed by atoms with E-state index < -0.39 is 0 Å². The summed E-state index contributed by atoms with van der Waals surface area (Å²) >= 11 is 6.17. The molecule has 0 aromatic heterocycles. The van der Waals surface area contributed by atoms with Crippen molar-refractivity contribution in [2.75, 3.05) is 20.8 Å². The predicted octanol–water partition coefficient (Wildman–Crippen LogP) is 3.75. The van der Waals surface area contributed by atoms with Crippen LogP contribution in [0.25, 0.3) is 0 Å². The van der Waals surface area contributed by atoms with Gasteiger partial charge in [-0.05, 0) is 31.7 Å². The van der Waals surface area contributed by atoms with Gasteiger partial charge in [0, 0.05) is 24.7 Å². The van der Waals surface area contributed by atoms with Crippen molar-refractivity contribution in [3.05, 3.63) is 22.7 Å². The van der Waals surface area contributed by atoms with Gasteiger partial charge in [-0.15, -0.1) is 0 Å². The molecule has 0 radical (unpaired) electrons. The van der Waals surface area contributed by atoms with Crippen LogP contribution in [0.2, 0.25) is 5.02 Å². The van der Waals surface area contributed by atoms with Crippen molar-refractivity contribution < 1.29 is 19.0 Å². The van der Waals surface area contributed by atoms with E-state index in [1.807, 2.05) is 6.92 Å². The lowest BCUT2D eigenvalue weighted by molar-refractivity contribution is -0.0246. The van der Waals surface area contributed by atoms with Crippen molar-refractivity contribution in [1.29, 1.82) is 0 Å². The van der Waals surface area contributed by atoms with Crippen LogP contribution in [0, 0.1) is 5.92 Å². The second kappa shape index (κ2) is 7.14. The van der Waals surface area contributed by atoms with Gasteiger partial charge < -0.3 is 14.2 Å². The van der Waals surface area contributed by atoms with Gasteiger partial charge in [0.2, 0.25) is 0 Å². The van der Waals surface area contributed by atoms with Crippen LogP contribution in [0.4, 0.5) is 0 Å². The molecule has 1 aromatic carbocycles. The molecule has 0 amide bonds. The molecule has 0 saturated heterocycles. The molecule has 0 atom stereocenters. The maximum absolute atomic E-state index is 12.4. The minimum Gasteiger partial charge on any atom is -0.493 e. The first-order chi connectivity index (χ1) is 10.1. The number of benzene rings is 1. The zero-order valence-corrected chi connectivity index (χ0v) is 13.4. The summed E-state index contributed by atoms with van der Waals surface area (Å²) in [7, 11) is 3.08. The molecular formula is C16H21ClO4. The van der Waals surface area contributed by atoms with Crippen molar-refractivity contribution in [3.63, 3.8) is 0 Å². The Labute approximate surface area is 130 Å². The van der Waals surface area contributed by atoms with Gasteiger partial charge in [-0.3, -0.25) is 4.79 Å². The summed E-state index contributed by atoms with van der Waals surface area (Å²) in [6, 6.07) is 3.28. The third kappa shape index (κ3) is 3.69. The molecule has 2 rings (SSSR count). The maximum Gasteiger partial charge on any atom is 0.164 e. The molecule has 116 valence electrons. The standard InChI is InChI=1S/C16H21ClO4/c1-4-21-11-5-10(6-11)7-14(18)12-8-15(19-2)16(20-3)9-13(12)17/h8-11H,4-7H2,1-3H3. The van der Waals surface area contributed by atoms with Crippen LogP contribution in [-0.4, -0.2) is 32.7 Å². The Morgan fingerprint density at radius 3 is 2.43 bits per heavy atom. The quantitative estimate of drug-likeness (QED) is 0.719. The summed E-state index contributed by atoms with van der Waals surface area (Å²) in [6.45, 7) is 2.72. The third-order valence-electron chi connectivity index (χ3n) is 3.84. The fraction of sp³-hybridized carbons (Fsp3) is 0.562. The molecule has 5 heteroatoms. The molecule has 0 unspecified atom stereocenters. The fourth-order valence-corrected chi connectivity index (χ4v) is 2.91. The minimum atomic E-state index is 0.0425. The van der Waals surface area contributed by atoms with E-state index >= 15 is 0 Å². The third-order valence-corrected chi connectivity index (χ3v) is 4.16. The number of halogens is 1. The number of Topliss-reactive ketones (excluding diaryl/α,β-unsaturated/α-hetero) is 1. The fourth-order valence-electron chi connectivity index (χ4n) is 2.65. The van der Waals surface area contributed by atoms with Crippen molar-refractivity contribution in [2.45, 2.75) is 32.3 Å². The van der Waals surface area contributed by atoms with Crippen LogP contribution >= 0.6 is 11.6 Å². The van der Waals surface area contributed by atoms with E-state index in [1.54, 1.807) is 19.2 Å². The first-order valence-corrected chi connectivity index (χ1v) is 7.53. The van der Waals surface area contributed by atoms with Gasteiger partial charge in [0.05, 0.1) is 25.3 Å². The Morgan fingerprint density at radius 1 is 1.24 bits per heavy atom. The number of rotatable bonds is 7. The smallest absolute Gasteiger partial charge is 0.164 e. The van der Waals surface area contributed by atoms with Crippen LogP contribution in [0.1, 0.15) is 36.5 Å². The minimum absolute atomic E-state index is 0.0425. The normalized spacial score (nSPS) is 20.8. The van der Waals surface area contributed by atoms with E-state index in [1.165, 1.54) is 7.11 Å². The molecule has 1 saturated carbocycles. The monoisotopic (exact) mass is 312 g/mol. The van der Waals surface area contributed by atoms with Gasteiger partial charge in [-0.1, -0.05) is 11.6 Å². The lowest BCUT2D eigenvalue weighted by atomic mass is 9.78. The first kappa shape index (κ1) is 16.1. The lowest BCUT2D eigenvalue weighted by Crippen LogP contribution is -2.32. The zero-order chi connectivity index (χ0) is 15.4. The number of ketones is 1. The molecule has 1 fully saturated rings. The van der Waals surface area contributed by atoms with Gasteiger partial charge in [0.15, 0.2) is 17.3 Å².